The van der Waals surface area contributed by atoms with Crippen molar-refractivity contribution in [2.24, 2.45) is 0 Å². The second-order valence-electron chi connectivity index (χ2n) is 6.61. The van der Waals surface area contributed by atoms with Crippen molar-refractivity contribution in [2.75, 3.05) is 7.11 Å². The maximum Gasteiger partial charge on any atom is 0.118 e. The van der Waals surface area contributed by atoms with Gasteiger partial charge in [0.05, 0.1) is 7.11 Å². The zero-order valence-electron chi connectivity index (χ0n) is 14.6. The van der Waals surface area contributed by atoms with Gasteiger partial charge in [-0.25, -0.2) is 0 Å². The molecule has 0 fully saturated rings. The van der Waals surface area contributed by atoms with E-state index in [0.29, 0.717) is 0 Å². The molecular weight excluding hydrogens is 316 g/mol. The first-order chi connectivity index (χ1) is 12.8. The van der Waals surface area contributed by atoms with Crippen LogP contribution in [-0.4, -0.2) is 7.11 Å². The summed E-state index contributed by atoms with van der Waals surface area (Å²) >= 11 is 0. The van der Waals surface area contributed by atoms with Gasteiger partial charge in [-0.2, -0.15) is 0 Å². The number of ether oxygens (including phenoxy) is 1. The molecule has 0 saturated heterocycles. The Morgan fingerprint density at radius 2 is 1.19 bits per heavy atom. The molecule has 0 aliphatic carbocycles. The summed E-state index contributed by atoms with van der Waals surface area (Å²) in [4.78, 5) is 0. The highest BCUT2D eigenvalue weighted by Crippen LogP contribution is 2.34. The Morgan fingerprint density at radius 3 is 2.00 bits per heavy atom. The van der Waals surface area contributed by atoms with E-state index in [1.165, 1.54) is 43.4 Å². The molecule has 0 radical (unpaired) electrons. The summed E-state index contributed by atoms with van der Waals surface area (Å²) in [7, 11) is 1.69. The van der Waals surface area contributed by atoms with Crippen LogP contribution < -0.4 is 4.74 Å². The first-order valence-electron chi connectivity index (χ1n) is 8.82. The van der Waals surface area contributed by atoms with Crippen LogP contribution in [0.3, 0.4) is 0 Å². The van der Waals surface area contributed by atoms with Crippen LogP contribution in [0.15, 0.2) is 91.0 Å². The minimum atomic E-state index is 0.881. The van der Waals surface area contributed by atoms with Crippen molar-refractivity contribution in [1.29, 1.82) is 0 Å². The predicted molar refractivity (Wildman–Crippen MR) is 111 cm³/mol. The van der Waals surface area contributed by atoms with E-state index in [1.54, 1.807) is 7.11 Å². The molecule has 5 rings (SSSR count). The van der Waals surface area contributed by atoms with E-state index in [1.807, 2.05) is 12.1 Å². The third kappa shape index (κ3) is 2.33. The van der Waals surface area contributed by atoms with Crippen molar-refractivity contribution in [3.8, 4) is 16.9 Å². The average Bonchev–Trinajstić information content (AvgIpc) is 2.73. The average molecular weight is 334 g/mol. The molecule has 0 unspecified atom stereocenters. The van der Waals surface area contributed by atoms with E-state index < -0.39 is 0 Å². The molecule has 1 heteroatoms. The van der Waals surface area contributed by atoms with Gasteiger partial charge in [0, 0.05) is 0 Å². The summed E-state index contributed by atoms with van der Waals surface area (Å²) in [5, 5.41) is 7.79. The quantitative estimate of drug-likeness (QED) is 0.322. The van der Waals surface area contributed by atoms with Crippen LogP contribution in [-0.2, 0) is 0 Å². The second kappa shape index (κ2) is 5.89. The van der Waals surface area contributed by atoms with Gasteiger partial charge >= 0.3 is 0 Å². The van der Waals surface area contributed by atoms with Crippen molar-refractivity contribution in [3.63, 3.8) is 0 Å². The van der Waals surface area contributed by atoms with Crippen LogP contribution in [0.2, 0.25) is 0 Å². The summed E-state index contributed by atoms with van der Waals surface area (Å²) < 4.78 is 5.26. The van der Waals surface area contributed by atoms with E-state index >= 15 is 0 Å². The van der Waals surface area contributed by atoms with Gasteiger partial charge in [-0.1, -0.05) is 72.8 Å². The Hall–Kier alpha value is -3.32. The highest BCUT2D eigenvalue weighted by molar-refractivity contribution is 6.20. The number of methoxy groups -OCH3 is 1. The topological polar surface area (TPSA) is 9.23 Å². The molecule has 0 N–H and O–H groups in total. The van der Waals surface area contributed by atoms with E-state index in [2.05, 4.69) is 78.9 Å². The lowest BCUT2D eigenvalue weighted by Crippen LogP contribution is -1.84. The number of hydrogen-bond acceptors (Lipinski definition) is 1. The predicted octanol–water partition coefficient (Wildman–Crippen LogP) is 6.82. The zero-order valence-corrected chi connectivity index (χ0v) is 14.6. The molecule has 0 bridgehead atoms. The normalized spacial score (nSPS) is 11.3. The molecule has 0 saturated carbocycles. The first-order valence-corrected chi connectivity index (χ1v) is 8.82. The van der Waals surface area contributed by atoms with Gasteiger partial charge in [-0.15, -0.1) is 0 Å². The minimum absolute atomic E-state index is 0.881. The van der Waals surface area contributed by atoms with Gasteiger partial charge < -0.3 is 4.74 Å². The Kier molecular flexibility index (Phi) is 3.39. The molecule has 1 nitrogen and oxygen atoms in total. The van der Waals surface area contributed by atoms with E-state index in [-0.39, 0.29) is 0 Å². The summed E-state index contributed by atoms with van der Waals surface area (Å²) in [5.41, 5.74) is 2.42. The van der Waals surface area contributed by atoms with Crippen LogP contribution in [0.5, 0.6) is 5.75 Å². The fourth-order valence-electron chi connectivity index (χ4n) is 3.80. The highest BCUT2D eigenvalue weighted by Gasteiger charge is 2.07. The Bertz CT molecular complexity index is 1250. The molecule has 26 heavy (non-hydrogen) atoms. The van der Waals surface area contributed by atoms with Gasteiger partial charge in [0.15, 0.2) is 0 Å². The third-order valence-electron chi connectivity index (χ3n) is 5.15. The lowest BCUT2D eigenvalue weighted by Gasteiger charge is -2.10. The van der Waals surface area contributed by atoms with E-state index in [9.17, 15) is 0 Å². The molecule has 0 atom stereocenters. The Balaban J connectivity index is 1.76. The van der Waals surface area contributed by atoms with Crippen LogP contribution in [0.25, 0.3) is 43.4 Å². The standard InChI is InChI=1S/C25H18O/c1-26-22-13-10-17(11-14-22)20-12-15-24-21(16-20)9-8-19-7-6-18-4-2-3-5-23(18)25(19)24/h2-16H,1H3. The SMILES string of the molecule is COc1ccc(-c2ccc3c(ccc4ccc5ccccc5c43)c2)cc1. The Labute approximate surface area is 152 Å². The molecule has 0 heterocycles. The van der Waals surface area contributed by atoms with Crippen molar-refractivity contribution in [2.45, 2.75) is 0 Å². The van der Waals surface area contributed by atoms with Gasteiger partial charge in [-0.3, -0.25) is 0 Å². The van der Waals surface area contributed by atoms with Crippen molar-refractivity contribution in [1.82, 2.24) is 0 Å². The van der Waals surface area contributed by atoms with Crippen molar-refractivity contribution < 1.29 is 4.74 Å². The van der Waals surface area contributed by atoms with Crippen LogP contribution in [0.1, 0.15) is 0 Å². The first kappa shape index (κ1) is 15.0. The number of rotatable bonds is 2. The van der Waals surface area contributed by atoms with Crippen LogP contribution in [0, 0.1) is 0 Å². The largest absolute Gasteiger partial charge is 0.497 e. The molecule has 0 spiro atoms. The Morgan fingerprint density at radius 1 is 0.538 bits per heavy atom. The summed E-state index contributed by atoms with van der Waals surface area (Å²) in [5.74, 6) is 0.881. The summed E-state index contributed by atoms with van der Waals surface area (Å²) in [6.07, 6.45) is 0. The molecule has 0 aliphatic heterocycles. The molecule has 0 amide bonds. The molecule has 5 aromatic carbocycles. The van der Waals surface area contributed by atoms with E-state index in [0.717, 1.165) is 5.75 Å². The number of hydrogen-bond donors (Lipinski definition) is 0. The number of benzene rings is 5. The highest BCUT2D eigenvalue weighted by atomic mass is 16.5. The fraction of sp³-hybridized carbons (Fsp3) is 0.0400. The monoisotopic (exact) mass is 334 g/mol. The summed E-state index contributed by atoms with van der Waals surface area (Å²) in [6, 6.07) is 32.5. The van der Waals surface area contributed by atoms with Crippen LogP contribution in [0.4, 0.5) is 0 Å². The second-order valence-corrected chi connectivity index (χ2v) is 6.61. The summed E-state index contributed by atoms with van der Waals surface area (Å²) in [6.45, 7) is 0. The minimum Gasteiger partial charge on any atom is -0.497 e. The van der Waals surface area contributed by atoms with Crippen molar-refractivity contribution >= 4 is 32.3 Å². The van der Waals surface area contributed by atoms with Crippen LogP contribution >= 0.6 is 0 Å². The van der Waals surface area contributed by atoms with Gasteiger partial charge in [0.2, 0.25) is 0 Å². The smallest absolute Gasteiger partial charge is 0.118 e. The number of fused-ring (bicyclic) bond motifs is 5. The molecular formula is C25H18O. The van der Waals surface area contributed by atoms with Gasteiger partial charge in [0.1, 0.15) is 5.75 Å². The van der Waals surface area contributed by atoms with Gasteiger partial charge in [0.25, 0.3) is 0 Å². The maximum absolute atomic E-state index is 5.26. The van der Waals surface area contributed by atoms with E-state index in [4.69, 9.17) is 4.74 Å². The molecule has 0 aliphatic rings. The third-order valence-corrected chi connectivity index (χ3v) is 5.15. The molecule has 0 aromatic heterocycles. The molecule has 124 valence electrons. The lowest BCUT2D eigenvalue weighted by molar-refractivity contribution is 0.415. The van der Waals surface area contributed by atoms with Crippen molar-refractivity contribution in [3.05, 3.63) is 91.0 Å². The molecule has 5 aromatic rings. The lowest BCUT2D eigenvalue weighted by atomic mass is 9.94. The van der Waals surface area contributed by atoms with Gasteiger partial charge in [-0.05, 0) is 61.6 Å². The maximum atomic E-state index is 5.26. The fourth-order valence-corrected chi connectivity index (χ4v) is 3.80. The zero-order chi connectivity index (χ0) is 17.5.